The first kappa shape index (κ1) is 31.9. The molecule has 2 fully saturated rings. The smallest absolute Gasteiger partial charge is 0.411 e. The number of hydrogen-bond donors (Lipinski definition) is 0. The lowest BCUT2D eigenvalue weighted by Gasteiger charge is -2.39. The van der Waals surface area contributed by atoms with E-state index < -0.39 is 61.2 Å². The number of carbonyl (C=O) groups is 1. The standard InChI is InChI=1S/C24H40Cl3NO7Si/c1-10-30-18(31-11-2)13-12-16-19-20(35-23(6,7)34-19)17(14-33-36(8,9)22(3,4)5)28(16)21(29)32-15-24(25,26)27/h16-20H,10-11,14-15H2,1-9H3/t16-,17+,19-,20+/m0/s1. The van der Waals surface area contributed by atoms with Crippen molar-refractivity contribution in [2.24, 2.45) is 0 Å². The number of ether oxygens (including phenoxy) is 5. The molecule has 0 spiro atoms. The van der Waals surface area contributed by atoms with Crippen LogP contribution in [-0.4, -0.2) is 85.9 Å². The molecule has 2 aliphatic rings. The Kier molecular flexibility index (Phi) is 10.9. The van der Waals surface area contributed by atoms with Gasteiger partial charge in [0.05, 0.1) is 12.6 Å². The third-order valence-electron chi connectivity index (χ3n) is 6.49. The van der Waals surface area contributed by atoms with E-state index in [4.69, 9.17) is 62.9 Å². The Hall–Kier alpha value is -0.283. The van der Waals surface area contributed by atoms with Crippen LogP contribution in [-0.2, 0) is 28.1 Å². The van der Waals surface area contributed by atoms with Gasteiger partial charge in [-0.25, -0.2) is 4.79 Å². The fourth-order valence-electron chi connectivity index (χ4n) is 3.77. The molecule has 1 amide bonds. The average Bonchev–Trinajstić information content (AvgIpc) is 3.17. The normalized spacial score (nSPS) is 26.1. The zero-order valence-corrected chi connectivity index (χ0v) is 25.9. The number of hydrogen-bond acceptors (Lipinski definition) is 7. The number of halogens is 3. The van der Waals surface area contributed by atoms with Crippen LogP contribution in [0, 0.1) is 11.8 Å². The van der Waals surface area contributed by atoms with Gasteiger partial charge in [0.2, 0.25) is 10.1 Å². The summed E-state index contributed by atoms with van der Waals surface area (Å²) in [5, 5.41) is -0.0282. The lowest BCUT2D eigenvalue weighted by molar-refractivity contribution is -0.164. The predicted molar refractivity (Wildman–Crippen MR) is 143 cm³/mol. The third-order valence-corrected chi connectivity index (χ3v) is 11.3. The lowest BCUT2D eigenvalue weighted by Crippen LogP contribution is -2.51. The molecule has 0 saturated carbocycles. The van der Waals surface area contributed by atoms with Gasteiger partial charge in [0.25, 0.3) is 0 Å². The molecule has 0 bridgehead atoms. The third kappa shape index (κ3) is 8.36. The molecule has 2 aliphatic heterocycles. The molecule has 0 aromatic heterocycles. The maximum Gasteiger partial charge on any atom is 0.411 e. The van der Waals surface area contributed by atoms with Gasteiger partial charge in [0.15, 0.2) is 14.1 Å². The highest BCUT2D eigenvalue weighted by Gasteiger charge is 2.60. The molecule has 0 aromatic rings. The zero-order chi connectivity index (χ0) is 27.5. The van der Waals surface area contributed by atoms with Gasteiger partial charge in [0, 0.05) is 13.2 Å². The predicted octanol–water partition coefficient (Wildman–Crippen LogP) is 5.49. The van der Waals surface area contributed by atoms with E-state index in [2.05, 4.69) is 45.7 Å². The Morgan fingerprint density at radius 1 is 1.08 bits per heavy atom. The van der Waals surface area contributed by atoms with Crippen LogP contribution in [0.25, 0.3) is 0 Å². The van der Waals surface area contributed by atoms with E-state index in [1.165, 1.54) is 4.90 Å². The highest BCUT2D eigenvalue weighted by molar-refractivity contribution is 6.74. The molecular formula is C24H40Cl3NO7Si. The number of alkyl halides is 3. The van der Waals surface area contributed by atoms with Gasteiger partial charge in [-0.05, 0) is 51.7 Å². The van der Waals surface area contributed by atoms with Crippen LogP contribution in [0.2, 0.25) is 18.1 Å². The monoisotopic (exact) mass is 587 g/mol. The highest BCUT2D eigenvalue weighted by Crippen LogP contribution is 2.43. The molecule has 0 radical (unpaired) electrons. The Labute approximate surface area is 231 Å². The van der Waals surface area contributed by atoms with Crippen LogP contribution in [0.15, 0.2) is 0 Å². The summed E-state index contributed by atoms with van der Waals surface area (Å²) < 4.78 is 33.7. The van der Waals surface area contributed by atoms with Gasteiger partial charge in [-0.15, -0.1) is 0 Å². The number of nitrogens with zero attached hydrogens (tertiary/aromatic N) is 1. The number of fused-ring (bicyclic) bond motifs is 1. The molecule has 36 heavy (non-hydrogen) atoms. The molecule has 208 valence electrons. The van der Waals surface area contributed by atoms with Crippen molar-refractivity contribution in [1.82, 2.24) is 4.90 Å². The number of carbonyl (C=O) groups excluding carboxylic acids is 1. The van der Waals surface area contributed by atoms with Crippen molar-refractivity contribution >= 4 is 49.2 Å². The van der Waals surface area contributed by atoms with E-state index in [1.54, 1.807) is 0 Å². The topological polar surface area (TPSA) is 75.7 Å². The first-order valence-electron chi connectivity index (χ1n) is 12.2. The molecule has 0 aliphatic carbocycles. The molecule has 0 unspecified atom stereocenters. The summed E-state index contributed by atoms with van der Waals surface area (Å²) in [6, 6.07) is -1.26. The molecule has 2 rings (SSSR count). The maximum absolute atomic E-state index is 13.4. The van der Waals surface area contributed by atoms with Crippen molar-refractivity contribution in [3.05, 3.63) is 0 Å². The Bertz CT molecular complexity index is 813. The summed E-state index contributed by atoms with van der Waals surface area (Å²) in [4.78, 5) is 14.8. The fraction of sp³-hybridized carbons (Fsp3) is 0.875. The van der Waals surface area contributed by atoms with Crippen molar-refractivity contribution in [2.75, 3.05) is 26.4 Å². The lowest BCUT2D eigenvalue weighted by atomic mass is 10.1. The second-order valence-electron chi connectivity index (χ2n) is 10.8. The molecule has 8 nitrogen and oxygen atoms in total. The van der Waals surface area contributed by atoms with Crippen molar-refractivity contribution < 1.29 is 32.9 Å². The SMILES string of the molecule is CCOC(C#C[C@H]1[C@@H]2OC(C)(C)O[C@@H]2[C@@H](CO[Si](C)(C)C(C)(C)C)N1C(=O)OCC(Cl)(Cl)Cl)OCC. The van der Waals surface area contributed by atoms with Crippen LogP contribution in [0.3, 0.4) is 0 Å². The van der Waals surface area contributed by atoms with Crippen LogP contribution in [0.5, 0.6) is 0 Å². The Balaban J connectivity index is 2.45. The van der Waals surface area contributed by atoms with E-state index in [-0.39, 0.29) is 11.6 Å². The summed E-state index contributed by atoms with van der Waals surface area (Å²) >= 11 is 17.5. The molecule has 4 atom stereocenters. The average molecular weight is 589 g/mol. The highest BCUT2D eigenvalue weighted by atomic mass is 35.6. The van der Waals surface area contributed by atoms with Crippen LogP contribution in [0.1, 0.15) is 48.5 Å². The summed E-state index contributed by atoms with van der Waals surface area (Å²) in [6.45, 7) is 18.7. The van der Waals surface area contributed by atoms with Crippen LogP contribution < -0.4 is 0 Å². The molecule has 12 heteroatoms. The van der Waals surface area contributed by atoms with Gasteiger partial charge in [0.1, 0.15) is 24.9 Å². The first-order valence-corrected chi connectivity index (χ1v) is 16.2. The van der Waals surface area contributed by atoms with Crippen molar-refractivity contribution in [3.63, 3.8) is 0 Å². The van der Waals surface area contributed by atoms with Gasteiger partial charge in [-0.2, -0.15) is 0 Å². The van der Waals surface area contributed by atoms with E-state index in [9.17, 15) is 4.79 Å². The number of likely N-dealkylation sites (tertiary alicyclic amines) is 1. The molecule has 2 saturated heterocycles. The number of amides is 1. The Morgan fingerprint density at radius 2 is 1.64 bits per heavy atom. The molecule has 0 aromatic carbocycles. The minimum absolute atomic E-state index is 0.0282. The maximum atomic E-state index is 13.4. The first-order chi connectivity index (χ1) is 16.4. The quantitative estimate of drug-likeness (QED) is 0.161. The van der Waals surface area contributed by atoms with E-state index in [0.717, 1.165) is 0 Å². The van der Waals surface area contributed by atoms with Crippen LogP contribution in [0.4, 0.5) is 4.79 Å². The van der Waals surface area contributed by atoms with Gasteiger partial charge >= 0.3 is 6.09 Å². The molecular weight excluding hydrogens is 549 g/mol. The van der Waals surface area contributed by atoms with Crippen LogP contribution >= 0.6 is 34.8 Å². The second-order valence-corrected chi connectivity index (χ2v) is 18.1. The summed E-state index contributed by atoms with van der Waals surface area (Å²) in [5.74, 6) is 5.25. The summed E-state index contributed by atoms with van der Waals surface area (Å²) in [7, 11) is -2.16. The fourth-order valence-corrected chi connectivity index (χ4v) is 4.96. The second kappa shape index (κ2) is 12.3. The minimum Gasteiger partial charge on any atom is -0.445 e. The van der Waals surface area contributed by atoms with Gasteiger partial charge in [-0.1, -0.05) is 61.5 Å². The van der Waals surface area contributed by atoms with Crippen molar-refractivity contribution in [3.8, 4) is 11.8 Å². The van der Waals surface area contributed by atoms with E-state index >= 15 is 0 Å². The Morgan fingerprint density at radius 3 is 2.14 bits per heavy atom. The van der Waals surface area contributed by atoms with Crippen molar-refractivity contribution in [2.45, 2.75) is 107 Å². The van der Waals surface area contributed by atoms with Gasteiger partial charge in [-0.3, -0.25) is 4.90 Å². The van der Waals surface area contributed by atoms with Crippen molar-refractivity contribution in [1.29, 1.82) is 0 Å². The minimum atomic E-state index is -2.16. The van der Waals surface area contributed by atoms with E-state index in [1.807, 2.05) is 27.7 Å². The summed E-state index contributed by atoms with van der Waals surface area (Å²) in [6.07, 6.45) is -2.50. The van der Waals surface area contributed by atoms with E-state index in [0.29, 0.717) is 13.2 Å². The summed E-state index contributed by atoms with van der Waals surface area (Å²) in [5.41, 5.74) is 0. The number of rotatable bonds is 8. The molecule has 2 heterocycles. The zero-order valence-electron chi connectivity index (χ0n) is 22.7. The van der Waals surface area contributed by atoms with Gasteiger partial charge < -0.3 is 28.1 Å². The molecule has 0 N–H and O–H groups in total. The largest absolute Gasteiger partial charge is 0.445 e.